The normalized spacial score (nSPS) is 29.6. The Morgan fingerprint density at radius 2 is 1.93 bits per heavy atom. The standard InChI is InChI=1S/C12H23NO/c1-2-4-11(5-3-1)6-8-13-12-7-9-14-10-12/h11-13H,1-10H2. The Balaban J connectivity index is 1.52. The van der Waals surface area contributed by atoms with Crippen molar-refractivity contribution in [3.8, 4) is 0 Å². The van der Waals surface area contributed by atoms with Crippen LogP contribution in [-0.4, -0.2) is 25.8 Å². The van der Waals surface area contributed by atoms with E-state index in [1.54, 1.807) is 0 Å². The maximum atomic E-state index is 5.34. The van der Waals surface area contributed by atoms with Gasteiger partial charge in [-0.15, -0.1) is 0 Å². The van der Waals surface area contributed by atoms with E-state index in [0.717, 1.165) is 19.1 Å². The number of nitrogens with one attached hydrogen (secondary N) is 1. The highest BCUT2D eigenvalue weighted by molar-refractivity contribution is 4.73. The predicted molar refractivity (Wildman–Crippen MR) is 58.4 cm³/mol. The molecule has 0 amide bonds. The fourth-order valence-corrected chi connectivity index (χ4v) is 2.66. The maximum absolute atomic E-state index is 5.34. The predicted octanol–water partition coefficient (Wildman–Crippen LogP) is 2.34. The van der Waals surface area contributed by atoms with E-state index in [-0.39, 0.29) is 0 Å². The molecule has 1 unspecified atom stereocenters. The first-order valence-corrected chi connectivity index (χ1v) is 6.26. The fourth-order valence-electron chi connectivity index (χ4n) is 2.66. The van der Waals surface area contributed by atoms with Crippen LogP contribution >= 0.6 is 0 Å². The minimum Gasteiger partial charge on any atom is -0.380 e. The van der Waals surface area contributed by atoms with Gasteiger partial charge in [-0.1, -0.05) is 32.1 Å². The van der Waals surface area contributed by atoms with Crippen LogP contribution in [0.2, 0.25) is 0 Å². The van der Waals surface area contributed by atoms with Crippen LogP contribution in [0.5, 0.6) is 0 Å². The molecule has 0 aromatic rings. The molecule has 1 N–H and O–H groups in total. The molecule has 0 spiro atoms. The van der Waals surface area contributed by atoms with Crippen molar-refractivity contribution in [2.75, 3.05) is 19.8 Å². The van der Waals surface area contributed by atoms with Crippen molar-refractivity contribution in [2.45, 2.75) is 51.0 Å². The first-order valence-electron chi connectivity index (χ1n) is 6.26. The number of ether oxygens (including phenoxy) is 1. The minimum absolute atomic E-state index is 0.651. The molecule has 2 aliphatic rings. The van der Waals surface area contributed by atoms with Crippen molar-refractivity contribution in [3.05, 3.63) is 0 Å². The summed E-state index contributed by atoms with van der Waals surface area (Å²) < 4.78 is 5.34. The van der Waals surface area contributed by atoms with Crippen LogP contribution < -0.4 is 5.32 Å². The summed E-state index contributed by atoms with van der Waals surface area (Å²) in [5.41, 5.74) is 0. The molecule has 1 aliphatic carbocycles. The Kier molecular flexibility index (Phi) is 4.26. The molecule has 2 rings (SSSR count). The van der Waals surface area contributed by atoms with Crippen molar-refractivity contribution in [3.63, 3.8) is 0 Å². The summed E-state index contributed by atoms with van der Waals surface area (Å²) in [5, 5.41) is 3.60. The zero-order valence-electron chi connectivity index (χ0n) is 9.13. The second-order valence-corrected chi connectivity index (χ2v) is 4.81. The second-order valence-electron chi connectivity index (χ2n) is 4.81. The third-order valence-corrected chi connectivity index (χ3v) is 3.64. The van der Waals surface area contributed by atoms with Gasteiger partial charge in [-0.2, -0.15) is 0 Å². The summed E-state index contributed by atoms with van der Waals surface area (Å²) in [7, 11) is 0. The highest BCUT2D eigenvalue weighted by Gasteiger charge is 2.16. The Morgan fingerprint density at radius 3 is 2.64 bits per heavy atom. The molecule has 0 aromatic carbocycles. The van der Waals surface area contributed by atoms with Crippen molar-refractivity contribution in [2.24, 2.45) is 5.92 Å². The Morgan fingerprint density at radius 1 is 1.07 bits per heavy atom. The molecule has 1 aliphatic heterocycles. The number of hydrogen-bond donors (Lipinski definition) is 1. The Labute approximate surface area is 87.4 Å². The third kappa shape index (κ3) is 3.25. The summed E-state index contributed by atoms with van der Waals surface area (Å²) in [6.45, 7) is 3.10. The van der Waals surface area contributed by atoms with Gasteiger partial charge in [0.25, 0.3) is 0 Å². The largest absolute Gasteiger partial charge is 0.380 e. The average molecular weight is 197 g/mol. The van der Waals surface area contributed by atoms with Gasteiger partial charge in [0.2, 0.25) is 0 Å². The zero-order chi connectivity index (χ0) is 9.64. The summed E-state index contributed by atoms with van der Waals surface area (Å²) in [6.07, 6.45) is 9.96. The van der Waals surface area contributed by atoms with Gasteiger partial charge in [0.1, 0.15) is 0 Å². The van der Waals surface area contributed by atoms with Crippen molar-refractivity contribution in [1.82, 2.24) is 5.32 Å². The Bertz CT molecular complexity index is 148. The molecule has 1 saturated carbocycles. The highest BCUT2D eigenvalue weighted by atomic mass is 16.5. The molecule has 0 bridgehead atoms. The average Bonchev–Trinajstić information content (AvgIpc) is 2.72. The molecular formula is C12H23NO. The van der Waals surface area contributed by atoms with Crippen molar-refractivity contribution in [1.29, 1.82) is 0 Å². The monoisotopic (exact) mass is 197 g/mol. The van der Waals surface area contributed by atoms with Gasteiger partial charge in [-0.3, -0.25) is 0 Å². The fraction of sp³-hybridized carbons (Fsp3) is 1.00. The molecule has 1 atom stereocenters. The smallest absolute Gasteiger partial charge is 0.0620 e. The van der Waals surface area contributed by atoms with Gasteiger partial charge in [-0.25, -0.2) is 0 Å². The van der Waals surface area contributed by atoms with Gasteiger partial charge in [-0.05, 0) is 25.3 Å². The van der Waals surface area contributed by atoms with E-state index in [2.05, 4.69) is 5.32 Å². The number of rotatable bonds is 4. The Hall–Kier alpha value is -0.0800. The van der Waals surface area contributed by atoms with Gasteiger partial charge in [0.05, 0.1) is 6.61 Å². The van der Waals surface area contributed by atoms with Crippen LogP contribution in [0.4, 0.5) is 0 Å². The van der Waals surface area contributed by atoms with Gasteiger partial charge in [0, 0.05) is 12.6 Å². The molecular weight excluding hydrogens is 174 g/mol. The van der Waals surface area contributed by atoms with Crippen LogP contribution in [0.25, 0.3) is 0 Å². The molecule has 0 aromatic heterocycles. The van der Waals surface area contributed by atoms with Crippen LogP contribution in [0, 0.1) is 5.92 Å². The summed E-state index contributed by atoms with van der Waals surface area (Å²) in [5.74, 6) is 1.01. The summed E-state index contributed by atoms with van der Waals surface area (Å²) in [4.78, 5) is 0. The van der Waals surface area contributed by atoms with Crippen LogP contribution in [0.1, 0.15) is 44.9 Å². The summed E-state index contributed by atoms with van der Waals surface area (Å²) >= 11 is 0. The molecule has 14 heavy (non-hydrogen) atoms. The van der Waals surface area contributed by atoms with E-state index < -0.39 is 0 Å². The van der Waals surface area contributed by atoms with E-state index in [1.807, 2.05) is 0 Å². The molecule has 2 fully saturated rings. The number of hydrogen-bond acceptors (Lipinski definition) is 2. The quantitative estimate of drug-likeness (QED) is 0.747. The molecule has 2 heteroatoms. The molecule has 82 valence electrons. The molecule has 1 saturated heterocycles. The van der Waals surface area contributed by atoms with Gasteiger partial charge in [0.15, 0.2) is 0 Å². The van der Waals surface area contributed by atoms with E-state index in [4.69, 9.17) is 4.74 Å². The lowest BCUT2D eigenvalue weighted by molar-refractivity contribution is 0.189. The topological polar surface area (TPSA) is 21.3 Å². The summed E-state index contributed by atoms with van der Waals surface area (Å²) in [6, 6.07) is 0.651. The van der Waals surface area contributed by atoms with Crippen LogP contribution in [0.3, 0.4) is 0 Å². The van der Waals surface area contributed by atoms with Crippen molar-refractivity contribution >= 4 is 0 Å². The maximum Gasteiger partial charge on any atom is 0.0620 e. The first-order chi connectivity index (χ1) is 6.95. The molecule has 0 radical (unpaired) electrons. The van der Waals surface area contributed by atoms with Gasteiger partial charge < -0.3 is 10.1 Å². The minimum atomic E-state index is 0.651. The second kappa shape index (κ2) is 5.72. The van der Waals surface area contributed by atoms with E-state index in [9.17, 15) is 0 Å². The zero-order valence-corrected chi connectivity index (χ0v) is 9.13. The van der Waals surface area contributed by atoms with E-state index >= 15 is 0 Å². The van der Waals surface area contributed by atoms with Gasteiger partial charge >= 0.3 is 0 Å². The van der Waals surface area contributed by atoms with E-state index in [1.165, 1.54) is 51.5 Å². The molecule has 2 nitrogen and oxygen atoms in total. The van der Waals surface area contributed by atoms with E-state index in [0.29, 0.717) is 6.04 Å². The lowest BCUT2D eigenvalue weighted by Gasteiger charge is -2.22. The highest BCUT2D eigenvalue weighted by Crippen LogP contribution is 2.25. The lowest BCUT2D eigenvalue weighted by Crippen LogP contribution is -2.31. The van der Waals surface area contributed by atoms with Crippen molar-refractivity contribution < 1.29 is 4.74 Å². The molecule has 1 heterocycles. The van der Waals surface area contributed by atoms with Crippen LogP contribution in [0.15, 0.2) is 0 Å². The third-order valence-electron chi connectivity index (χ3n) is 3.64. The first kappa shape index (κ1) is 10.4. The lowest BCUT2D eigenvalue weighted by atomic mass is 9.87. The van der Waals surface area contributed by atoms with Crippen LogP contribution in [-0.2, 0) is 4.74 Å². The SMILES string of the molecule is C1CCC(CCNC2CCOC2)CC1.